The smallest absolute Gasteiger partial charge is 0.223 e. The fraction of sp³-hybridized carbons (Fsp3) is 0.467. The van der Waals surface area contributed by atoms with Crippen LogP contribution in [0.3, 0.4) is 0 Å². The molecule has 3 rings (SSSR count). The van der Waals surface area contributed by atoms with Crippen LogP contribution in [0.4, 0.5) is 11.8 Å². The van der Waals surface area contributed by atoms with Crippen molar-refractivity contribution in [3.63, 3.8) is 0 Å². The quantitative estimate of drug-likeness (QED) is 0.855. The van der Waals surface area contributed by atoms with Gasteiger partial charge in [-0.2, -0.15) is 4.98 Å². The second-order valence-electron chi connectivity index (χ2n) is 5.52. The molecule has 0 spiro atoms. The van der Waals surface area contributed by atoms with E-state index in [9.17, 15) is 0 Å². The molecule has 3 heterocycles. The first kappa shape index (κ1) is 15.9. The van der Waals surface area contributed by atoms with Gasteiger partial charge in [0.25, 0.3) is 0 Å². The maximum atomic E-state index is 5.99. The minimum Gasteiger partial charge on any atom is -0.377 e. The Balaban J connectivity index is 1.79. The highest BCUT2D eigenvalue weighted by Gasteiger charge is 2.24. The molecule has 0 saturated carbocycles. The summed E-state index contributed by atoms with van der Waals surface area (Å²) in [6, 6.07) is 3.71. The summed E-state index contributed by atoms with van der Waals surface area (Å²) in [5.74, 6) is 1.98. The molecule has 122 valence electrons. The molecule has 2 N–H and O–H groups in total. The first-order valence-electron chi connectivity index (χ1n) is 7.51. The molecule has 1 atom stereocenters. The van der Waals surface area contributed by atoms with Crippen LogP contribution < -0.4 is 10.6 Å². The molecule has 0 aromatic carbocycles. The van der Waals surface area contributed by atoms with Gasteiger partial charge in [-0.15, -0.1) is 0 Å². The molecule has 1 fully saturated rings. The third-order valence-corrected chi connectivity index (χ3v) is 4.06. The molecule has 1 unspecified atom stereocenters. The fourth-order valence-corrected chi connectivity index (χ4v) is 3.04. The fourth-order valence-electron chi connectivity index (χ4n) is 2.85. The summed E-state index contributed by atoms with van der Waals surface area (Å²) in [6.45, 7) is 2.15. The van der Waals surface area contributed by atoms with Gasteiger partial charge in [0.15, 0.2) is 5.82 Å². The number of nitrogen functional groups attached to an aromatic ring is 1. The molecule has 2 aromatic rings. The van der Waals surface area contributed by atoms with Crippen molar-refractivity contribution in [1.82, 2.24) is 19.9 Å². The highest BCUT2D eigenvalue weighted by molar-refractivity contribution is 6.29. The van der Waals surface area contributed by atoms with Gasteiger partial charge in [-0.05, 0) is 18.9 Å². The number of ether oxygens (including phenoxy) is 1. The molecule has 1 aliphatic rings. The number of aromatic nitrogens is 4. The summed E-state index contributed by atoms with van der Waals surface area (Å²) in [5.41, 5.74) is 6.73. The summed E-state index contributed by atoms with van der Waals surface area (Å²) < 4.78 is 5.11. The molecule has 23 heavy (non-hydrogen) atoms. The van der Waals surface area contributed by atoms with Crippen LogP contribution in [0, 0.1) is 0 Å². The summed E-state index contributed by atoms with van der Waals surface area (Å²) in [5, 5.41) is 0.360. The maximum Gasteiger partial charge on any atom is 0.223 e. The topological polar surface area (TPSA) is 90.0 Å². The third-order valence-electron chi connectivity index (χ3n) is 3.86. The number of nitrogens with zero attached hydrogens (tertiary/aromatic N) is 5. The zero-order chi connectivity index (χ0) is 16.2. The first-order chi connectivity index (χ1) is 11.2. The Morgan fingerprint density at radius 3 is 3.04 bits per heavy atom. The average molecular weight is 335 g/mol. The summed E-state index contributed by atoms with van der Waals surface area (Å²) in [7, 11) is 1.64. The van der Waals surface area contributed by atoms with E-state index in [1.54, 1.807) is 19.4 Å². The minimum absolute atomic E-state index is 0.194. The summed E-state index contributed by atoms with van der Waals surface area (Å²) >= 11 is 5.99. The van der Waals surface area contributed by atoms with E-state index >= 15 is 0 Å². The van der Waals surface area contributed by atoms with Crippen LogP contribution in [0.15, 0.2) is 18.3 Å². The molecular weight excluding hydrogens is 316 g/mol. The SMILES string of the molecule is COCc1nccc(C2CCCN(c3cc(Cl)nc(N)n3)C2)n1. The zero-order valence-electron chi connectivity index (χ0n) is 12.9. The van der Waals surface area contributed by atoms with E-state index in [0.717, 1.165) is 37.4 Å². The van der Waals surface area contributed by atoms with Crippen molar-refractivity contribution in [3.05, 3.63) is 35.0 Å². The molecule has 2 aromatic heterocycles. The van der Waals surface area contributed by atoms with E-state index in [1.165, 1.54) is 0 Å². The normalized spacial score (nSPS) is 18.2. The van der Waals surface area contributed by atoms with Crippen molar-refractivity contribution in [2.45, 2.75) is 25.4 Å². The van der Waals surface area contributed by atoms with Gasteiger partial charge in [0.2, 0.25) is 5.95 Å². The van der Waals surface area contributed by atoms with Crippen LogP contribution in [0.1, 0.15) is 30.3 Å². The number of halogens is 1. The van der Waals surface area contributed by atoms with Gasteiger partial charge in [0.1, 0.15) is 17.6 Å². The second-order valence-corrected chi connectivity index (χ2v) is 5.91. The predicted molar refractivity (Wildman–Crippen MR) is 88.4 cm³/mol. The van der Waals surface area contributed by atoms with E-state index in [4.69, 9.17) is 22.1 Å². The standard InChI is InChI=1S/C15H19ClN6O/c1-23-9-13-18-5-4-11(19-13)10-3-2-6-22(8-10)14-7-12(16)20-15(17)21-14/h4-5,7,10H,2-3,6,8-9H2,1H3,(H2,17,20,21). The van der Waals surface area contributed by atoms with Gasteiger partial charge in [-0.3, -0.25) is 0 Å². The Hall–Kier alpha value is -1.99. The molecular formula is C15H19ClN6O. The van der Waals surface area contributed by atoms with Crippen molar-refractivity contribution < 1.29 is 4.74 Å². The van der Waals surface area contributed by atoms with Gasteiger partial charge in [0, 0.05) is 44.1 Å². The molecule has 0 aliphatic carbocycles. The Kier molecular flexibility index (Phi) is 4.88. The van der Waals surface area contributed by atoms with Crippen LogP contribution in [0.25, 0.3) is 0 Å². The highest BCUT2D eigenvalue weighted by Crippen LogP contribution is 2.29. The molecule has 0 bridgehead atoms. The zero-order valence-corrected chi connectivity index (χ0v) is 13.7. The van der Waals surface area contributed by atoms with Crippen LogP contribution in [-0.4, -0.2) is 40.1 Å². The van der Waals surface area contributed by atoms with Gasteiger partial charge < -0.3 is 15.4 Å². The van der Waals surface area contributed by atoms with E-state index in [1.807, 2.05) is 6.07 Å². The van der Waals surface area contributed by atoms with Crippen molar-refractivity contribution in [2.24, 2.45) is 0 Å². The van der Waals surface area contributed by atoms with E-state index < -0.39 is 0 Å². The van der Waals surface area contributed by atoms with Gasteiger partial charge in [-0.1, -0.05) is 11.6 Å². The van der Waals surface area contributed by atoms with Crippen molar-refractivity contribution in [1.29, 1.82) is 0 Å². The lowest BCUT2D eigenvalue weighted by molar-refractivity contribution is 0.177. The predicted octanol–water partition coefficient (Wildman–Crippen LogP) is 2.03. The number of hydrogen-bond donors (Lipinski definition) is 1. The lowest BCUT2D eigenvalue weighted by Crippen LogP contribution is -2.35. The van der Waals surface area contributed by atoms with Crippen molar-refractivity contribution in [2.75, 3.05) is 30.8 Å². The maximum absolute atomic E-state index is 5.99. The average Bonchev–Trinajstić information content (AvgIpc) is 2.55. The van der Waals surface area contributed by atoms with Crippen molar-refractivity contribution >= 4 is 23.4 Å². The number of piperidine rings is 1. The Bertz CT molecular complexity index is 663. The lowest BCUT2D eigenvalue weighted by atomic mass is 9.94. The third kappa shape index (κ3) is 3.86. The lowest BCUT2D eigenvalue weighted by Gasteiger charge is -2.33. The monoisotopic (exact) mass is 334 g/mol. The Morgan fingerprint density at radius 1 is 1.39 bits per heavy atom. The molecule has 8 heteroatoms. The van der Waals surface area contributed by atoms with Crippen LogP contribution in [0.2, 0.25) is 5.15 Å². The van der Waals surface area contributed by atoms with Gasteiger partial charge in [-0.25, -0.2) is 15.0 Å². The number of nitrogens with two attached hydrogens (primary N) is 1. The number of methoxy groups -OCH3 is 1. The Labute approximate surface area is 139 Å². The van der Waals surface area contributed by atoms with Gasteiger partial charge >= 0.3 is 0 Å². The van der Waals surface area contributed by atoms with E-state index in [0.29, 0.717) is 23.5 Å². The number of anilines is 2. The second kappa shape index (κ2) is 7.06. The van der Waals surface area contributed by atoms with Crippen molar-refractivity contribution in [3.8, 4) is 0 Å². The number of rotatable bonds is 4. The molecule has 1 saturated heterocycles. The largest absolute Gasteiger partial charge is 0.377 e. The highest BCUT2D eigenvalue weighted by atomic mass is 35.5. The molecule has 0 amide bonds. The first-order valence-corrected chi connectivity index (χ1v) is 7.89. The molecule has 1 aliphatic heterocycles. The Morgan fingerprint density at radius 2 is 2.26 bits per heavy atom. The van der Waals surface area contributed by atoms with E-state index in [2.05, 4.69) is 24.8 Å². The summed E-state index contributed by atoms with van der Waals surface area (Å²) in [6.07, 6.45) is 3.92. The van der Waals surface area contributed by atoms with Crippen LogP contribution in [-0.2, 0) is 11.3 Å². The minimum atomic E-state index is 0.194. The van der Waals surface area contributed by atoms with Crippen LogP contribution >= 0.6 is 11.6 Å². The van der Waals surface area contributed by atoms with Crippen LogP contribution in [0.5, 0.6) is 0 Å². The summed E-state index contributed by atoms with van der Waals surface area (Å²) in [4.78, 5) is 19.2. The molecule has 7 nitrogen and oxygen atoms in total. The van der Waals surface area contributed by atoms with Gasteiger partial charge in [0.05, 0.1) is 0 Å². The number of hydrogen-bond acceptors (Lipinski definition) is 7. The van der Waals surface area contributed by atoms with E-state index in [-0.39, 0.29) is 5.95 Å². The molecule has 0 radical (unpaired) electrons.